The van der Waals surface area contributed by atoms with E-state index in [1.54, 1.807) is 12.4 Å². The van der Waals surface area contributed by atoms with Gasteiger partial charge in [0.1, 0.15) is 10.7 Å². The Kier molecular flexibility index (Phi) is 5.19. The minimum absolute atomic E-state index is 0.784. The molecule has 6 nitrogen and oxygen atoms in total. The second-order valence-corrected chi connectivity index (χ2v) is 11.7. The van der Waals surface area contributed by atoms with Crippen molar-refractivity contribution in [1.82, 2.24) is 30.0 Å². The lowest BCUT2D eigenvalue weighted by Crippen LogP contribution is -2.51. The second-order valence-electron chi connectivity index (χ2n) is 11.7. The predicted molar refractivity (Wildman–Crippen MR) is 187 cm³/mol. The second kappa shape index (κ2) is 9.55. The van der Waals surface area contributed by atoms with Crippen molar-refractivity contribution in [1.29, 1.82) is 0 Å². The summed E-state index contributed by atoms with van der Waals surface area (Å²) in [5.74, 6) is 0.837. The zero-order valence-corrected chi connectivity index (χ0v) is 24.6. The fourth-order valence-electron chi connectivity index (χ4n) is 7.25. The third-order valence-electron chi connectivity index (χ3n) is 9.21. The summed E-state index contributed by atoms with van der Waals surface area (Å²) in [6.07, 6.45) is 3.55. The number of hydrazine groups is 1. The molecule has 3 aromatic heterocycles. The van der Waals surface area contributed by atoms with E-state index in [-0.39, 0.29) is 0 Å². The molecule has 0 fully saturated rings. The first-order chi connectivity index (χ1) is 22.8. The van der Waals surface area contributed by atoms with Gasteiger partial charge in [0, 0.05) is 45.2 Å². The first-order valence-electron chi connectivity index (χ1n) is 15.4. The average Bonchev–Trinajstić information content (AvgIpc) is 3.63. The summed E-state index contributed by atoms with van der Waals surface area (Å²) in [5, 5.41) is 8.76. The summed E-state index contributed by atoms with van der Waals surface area (Å²) in [6.45, 7) is 0. The van der Waals surface area contributed by atoms with Crippen molar-refractivity contribution in [2.45, 2.75) is 0 Å². The Balaban J connectivity index is 1.33. The van der Waals surface area contributed by atoms with Crippen molar-refractivity contribution in [2.75, 3.05) is 0 Å². The fourth-order valence-corrected chi connectivity index (χ4v) is 7.25. The summed E-state index contributed by atoms with van der Waals surface area (Å²) < 4.78 is 4.62. The number of nitrogens with one attached hydrogen (secondary N) is 2. The minimum atomic E-state index is 0.784. The summed E-state index contributed by atoms with van der Waals surface area (Å²) in [7, 11) is 0. The number of hydrogen-bond donors (Lipinski definition) is 2. The van der Waals surface area contributed by atoms with Gasteiger partial charge in [0.2, 0.25) is 0 Å². The first-order valence-corrected chi connectivity index (χ1v) is 15.4. The van der Waals surface area contributed by atoms with E-state index in [9.17, 15) is 0 Å². The van der Waals surface area contributed by atoms with Gasteiger partial charge in [-0.15, -0.1) is 0 Å². The van der Waals surface area contributed by atoms with Gasteiger partial charge in [0.05, 0.1) is 27.8 Å². The highest BCUT2D eigenvalue weighted by Gasteiger charge is 2.23. The van der Waals surface area contributed by atoms with Crippen molar-refractivity contribution >= 4 is 65.9 Å². The molecule has 0 aliphatic carbocycles. The highest BCUT2D eigenvalue weighted by Crippen LogP contribution is 2.36. The van der Waals surface area contributed by atoms with E-state index in [1.165, 1.54) is 32.3 Å². The van der Waals surface area contributed by atoms with E-state index >= 15 is 0 Å². The lowest BCUT2D eigenvalue weighted by Gasteiger charge is -2.23. The zero-order chi connectivity index (χ0) is 30.2. The van der Waals surface area contributed by atoms with Crippen LogP contribution in [0, 0.1) is 0 Å². The van der Waals surface area contributed by atoms with Gasteiger partial charge >= 0.3 is 0 Å². The third kappa shape index (κ3) is 3.46. The maximum Gasteiger partial charge on any atom is 0.158 e. The summed E-state index contributed by atoms with van der Waals surface area (Å²) >= 11 is 0. The SMILES string of the molecule is c1ccc(-n2c3ccccc3c3cccc(C4=c5nccnc5=C(n5c6ccccc6c6cc7ccccc7cc65)NN4)c32)cc1. The Morgan fingerprint density at radius 2 is 1.09 bits per heavy atom. The van der Waals surface area contributed by atoms with Crippen LogP contribution in [0.1, 0.15) is 5.56 Å². The molecule has 0 atom stereocenters. The van der Waals surface area contributed by atoms with Crippen molar-refractivity contribution in [2.24, 2.45) is 0 Å². The monoisotopic (exact) mass is 590 g/mol. The molecule has 6 heteroatoms. The molecular weight excluding hydrogens is 564 g/mol. The summed E-state index contributed by atoms with van der Waals surface area (Å²) in [4.78, 5) is 9.93. The van der Waals surface area contributed by atoms with Crippen LogP contribution in [0.3, 0.4) is 0 Å². The highest BCUT2D eigenvalue weighted by molar-refractivity contribution is 6.15. The molecule has 6 aromatic carbocycles. The molecule has 1 aliphatic rings. The maximum atomic E-state index is 4.96. The molecule has 0 bridgehead atoms. The normalized spacial score (nSPS) is 13.0. The molecule has 0 saturated carbocycles. The van der Waals surface area contributed by atoms with E-state index in [0.29, 0.717) is 0 Å². The Labute approximate surface area is 263 Å². The standard InChI is InChI=1S/C40H26N6/c1-2-13-27(14-3-1)45-33-19-8-6-15-28(33)30-17-10-18-31(39(30)45)36-37-38(42-22-21-41-37)40(44-43-36)46-34-20-9-7-16-29(34)32-23-25-11-4-5-12-26(25)24-35(32)46/h1-24,43-44H. The number of fused-ring (bicyclic) bond motifs is 8. The van der Waals surface area contributed by atoms with E-state index in [0.717, 1.165) is 55.5 Å². The molecule has 10 rings (SSSR count). The van der Waals surface area contributed by atoms with Crippen LogP contribution in [0.4, 0.5) is 0 Å². The van der Waals surface area contributed by atoms with E-state index in [2.05, 4.69) is 153 Å². The lowest BCUT2D eigenvalue weighted by atomic mass is 10.1. The summed E-state index contributed by atoms with van der Waals surface area (Å²) in [5.41, 5.74) is 14.7. The number of para-hydroxylation sites is 4. The van der Waals surface area contributed by atoms with Crippen LogP contribution >= 0.6 is 0 Å². The van der Waals surface area contributed by atoms with Gasteiger partial charge in [0.15, 0.2) is 5.82 Å². The average molecular weight is 591 g/mol. The third-order valence-corrected chi connectivity index (χ3v) is 9.21. The van der Waals surface area contributed by atoms with Crippen LogP contribution in [0.25, 0.3) is 71.6 Å². The molecule has 46 heavy (non-hydrogen) atoms. The van der Waals surface area contributed by atoms with Gasteiger partial charge < -0.3 is 4.57 Å². The Hall–Kier alpha value is -6.40. The van der Waals surface area contributed by atoms with Crippen molar-refractivity contribution < 1.29 is 0 Å². The number of rotatable bonds is 3. The van der Waals surface area contributed by atoms with Gasteiger partial charge in [-0.25, -0.2) is 4.98 Å². The largest absolute Gasteiger partial charge is 0.309 e. The molecule has 2 N–H and O–H groups in total. The number of nitrogens with zero attached hydrogens (tertiary/aromatic N) is 4. The molecule has 1 aliphatic heterocycles. The molecule has 0 radical (unpaired) electrons. The zero-order valence-electron chi connectivity index (χ0n) is 24.6. The number of benzene rings is 6. The molecule has 0 saturated heterocycles. The predicted octanol–water partition coefficient (Wildman–Crippen LogP) is 6.71. The Morgan fingerprint density at radius 3 is 1.89 bits per heavy atom. The molecule has 0 unspecified atom stereocenters. The van der Waals surface area contributed by atoms with E-state index < -0.39 is 0 Å². The van der Waals surface area contributed by atoms with Crippen molar-refractivity contribution in [3.63, 3.8) is 0 Å². The quantitative estimate of drug-likeness (QED) is 0.240. The Bertz CT molecular complexity index is 2810. The lowest BCUT2D eigenvalue weighted by molar-refractivity contribution is 0.741. The van der Waals surface area contributed by atoms with Gasteiger partial charge in [-0.2, -0.15) is 0 Å². The maximum absolute atomic E-state index is 4.96. The smallest absolute Gasteiger partial charge is 0.158 e. The highest BCUT2D eigenvalue weighted by atomic mass is 15.4. The van der Waals surface area contributed by atoms with Gasteiger partial charge in [-0.3, -0.25) is 20.4 Å². The van der Waals surface area contributed by atoms with Crippen LogP contribution in [0.2, 0.25) is 0 Å². The molecule has 0 spiro atoms. The van der Waals surface area contributed by atoms with Gasteiger partial charge in [0.25, 0.3) is 0 Å². The van der Waals surface area contributed by atoms with Crippen LogP contribution in [-0.4, -0.2) is 19.1 Å². The first kappa shape index (κ1) is 25.0. The van der Waals surface area contributed by atoms with Crippen molar-refractivity contribution in [3.05, 3.63) is 162 Å². The fraction of sp³-hybridized carbons (Fsp3) is 0. The van der Waals surface area contributed by atoms with Crippen LogP contribution in [0.15, 0.2) is 146 Å². The molecule has 0 amide bonds. The van der Waals surface area contributed by atoms with Crippen LogP contribution < -0.4 is 21.5 Å². The molecule has 216 valence electrons. The van der Waals surface area contributed by atoms with Gasteiger partial charge in [-0.1, -0.05) is 97.1 Å². The van der Waals surface area contributed by atoms with Gasteiger partial charge in [-0.05, 0) is 47.2 Å². The molecule has 9 aromatic rings. The summed E-state index contributed by atoms with van der Waals surface area (Å²) in [6, 6.07) is 47.3. The van der Waals surface area contributed by atoms with E-state index in [1.807, 2.05) is 0 Å². The topological polar surface area (TPSA) is 59.7 Å². The minimum Gasteiger partial charge on any atom is -0.309 e. The van der Waals surface area contributed by atoms with Crippen molar-refractivity contribution in [3.8, 4) is 5.69 Å². The Morgan fingerprint density at radius 1 is 0.457 bits per heavy atom. The molecular formula is C40H26N6. The molecule has 4 heterocycles. The van der Waals surface area contributed by atoms with E-state index in [4.69, 9.17) is 9.97 Å². The van der Waals surface area contributed by atoms with Crippen LogP contribution in [0.5, 0.6) is 0 Å². The van der Waals surface area contributed by atoms with Crippen LogP contribution in [-0.2, 0) is 0 Å². The number of aromatic nitrogens is 4. The number of hydrogen-bond acceptors (Lipinski definition) is 4.